The van der Waals surface area contributed by atoms with E-state index in [1.54, 1.807) is 26.4 Å². The van der Waals surface area contributed by atoms with E-state index >= 15 is 0 Å². The van der Waals surface area contributed by atoms with Crippen LogP contribution in [0.2, 0.25) is 0 Å². The molecular weight excluding hydrogens is 370 g/mol. The van der Waals surface area contributed by atoms with Crippen molar-refractivity contribution in [3.63, 3.8) is 0 Å². The van der Waals surface area contributed by atoms with Gasteiger partial charge in [-0.2, -0.15) is 0 Å². The van der Waals surface area contributed by atoms with Crippen LogP contribution in [0, 0.1) is 0 Å². The van der Waals surface area contributed by atoms with Crippen LogP contribution in [0.5, 0.6) is 5.75 Å². The van der Waals surface area contributed by atoms with Crippen LogP contribution >= 0.6 is 0 Å². The van der Waals surface area contributed by atoms with Gasteiger partial charge >= 0.3 is 6.09 Å². The van der Waals surface area contributed by atoms with Crippen molar-refractivity contribution in [3.8, 4) is 5.75 Å². The Balaban J connectivity index is 1.66. The molecule has 2 aromatic carbocycles. The minimum Gasteiger partial charge on any atom is -0.497 e. The summed E-state index contributed by atoms with van der Waals surface area (Å²) in [7, 11) is 3.29. The highest BCUT2D eigenvalue weighted by molar-refractivity contribution is 5.84. The summed E-state index contributed by atoms with van der Waals surface area (Å²) in [4.78, 5) is 12.2. The van der Waals surface area contributed by atoms with E-state index in [1.807, 2.05) is 42.5 Å². The zero-order valence-corrected chi connectivity index (χ0v) is 16.7. The second-order valence-corrected chi connectivity index (χ2v) is 6.76. The Morgan fingerprint density at radius 1 is 1.03 bits per heavy atom. The molecule has 0 aliphatic heterocycles. The predicted molar refractivity (Wildman–Crippen MR) is 111 cm³/mol. The maximum atomic E-state index is 12.2. The second-order valence-electron chi connectivity index (χ2n) is 6.76. The van der Waals surface area contributed by atoms with E-state index in [-0.39, 0.29) is 6.10 Å². The number of nitrogens with one attached hydrogen (secondary N) is 2. The van der Waals surface area contributed by atoms with Gasteiger partial charge in [-0.05, 0) is 42.7 Å². The van der Waals surface area contributed by atoms with Gasteiger partial charge in [-0.3, -0.25) is 5.32 Å². The number of amides is 1. The highest BCUT2D eigenvalue weighted by atomic mass is 16.6. The summed E-state index contributed by atoms with van der Waals surface area (Å²) in [6, 6.07) is 16.9. The van der Waals surface area contributed by atoms with Crippen LogP contribution < -0.4 is 21.1 Å². The number of rotatable bonds is 7. The molecule has 4 N–H and O–H groups in total. The van der Waals surface area contributed by atoms with Gasteiger partial charge in [0.2, 0.25) is 0 Å². The van der Waals surface area contributed by atoms with Gasteiger partial charge in [-0.15, -0.1) is 0 Å². The quantitative estimate of drug-likeness (QED) is 0.663. The van der Waals surface area contributed by atoms with E-state index in [9.17, 15) is 4.79 Å². The molecule has 0 aromatic heterocycles. The van der Waals surface area contributed by atoms with Crippen molar-refractivity contribution in [2.45, 2.75) is 31.6 Å². The van der Waals surface area contributed by atoms with Crippen molar-refractivity contribution < 1.29 is 19.0 Å². The molecule has 1 aliphatic carbocycles. The molecule has 0 saturated heterocycles. The van der Waals surface area contributed by atoms with E-state index in [4.69, 9.17) is 19.9 Å². The summed E-state index contributed by atoms with van der Waals surface area (Å²) in [5.41, 5.74) is 9.34. The summed E-state index contributed by atoms with van der Waals surface area (Å²) < 4.78 is 16.3. The van der Waals surface area contributed by atoms with Crippen molar-refractivity contribution in [1.29, 1.82) is 0 Å². The number of benzene rings is 2. The molecule has 1 aliphatic rings. The third-order valence-corrected chi connectivity index (χ3v) is 4.87. The van der Waals surface area contributed by atoms with Crippen LogP contribution in [0.15, 0.2) is 66.0 Å². The maximum Gasteiger partial charge on any atom is 0.412 e. The third kappa shape index (κ3) is 5.42. The van der Waals surface area contributed by atoms with Gasteiger partial charge in [0.1, 0.15) is 11.9 Å². The molecule has 154 valence electrons. The van der Waals surface area contributed by atoms with Crippen molar-refractivity contribution in [2.24, 2.45) is 5.73 Å². The second kappa shape index (κ2) is 9.84. The molecule has 0 heterocycles. The number of hydrogen-bond acceptors (Lipinski definition) is 6. The number of carbonyl (C=O) groups excluding carboxylic acids is 1. The van der Waals surface area contributed by atoms with Crippen molar-refractivity contribution in [3.05, 3.63) is 71.6 Å². The maximum absolute atomic E-state index is 12.2. The summed E-state index contributed by atoms with van der Waals surface area (Å²) in [5.74, 6) is 0.804. The number of methoxy groups -OCH3 is 2. The Labute approximate surface area is 170 Å². The van der Waals surface area contributed by atoms with Crippen LogP contribution in [0.4, 0.5) is 10.5 Å². The SMILES string of the molecule is COc1ccc(CNC2=C(N)[C@H](OC(=O)Nc3ccccc3)CCC2OC)cc1. The Morgan fingerprint density at radius 3 is 2.38 bits per heavy atom. The van der Waals surface area contributed by atoms with E-state index in [0.29, 0.717) is 30.8 Å². The topological polar surface area (TPSA) is 94.8 Å². The van der Waals surface area contributed by atoms with Gasteiger partial charge in [-0.25, -0.2) is 4.79 Å². The molecule has 2 aromatic rings. The zero-order valence-electron chi connectivity index (χ0n) is 16.7. The zero-order chi connectivity index (χ0) is 20.6. The number of carbonyl (C=O) groups is 1. The lowest BCUT2D eigenvalue weighted by molar-refractivity contribution is 0.0689. The third-order valence-electron chi connectivity index (χ3n) is 4.87. The predicted octanol–water partition coefficient (Wildman–Crippen LogP) is 3.38. The molecule has 0 spiro atoms. The average molecular weight is 397 g/mol. The summed E-state index contributed by atoms with van der Waals surface area (Å²) in [6.45, 7) is 0.572. The summed E-state index contributed by atoms with van der Waals surface area (Å²) in [5, 5.41) is 6.07. The molecule has 1 amide bonds. The fraction of sp³-hybridized carbons (Fsp3) is 0.318. The van der Waals surface area contributed by atoms with Gasteiger partial charge in [0, 0.05) is 19.3 Å². The molecule has 0 radical (unpaired) electrons. The van der Waals surface area contributed by atoms with Crippen molar-refractivity contribution >= 4 is 11.8 Å². The van der Waals surface area contributed by atoms with Gasteiger partial charge in [0.05, 0.1) is 24.6 Å². The molecular formula is C22H27N3O4. The summed E-state index contributed by atoms with van der Waals surface area (Å²) >= 11 is 0. The lowest BCUT2D eigenvalue weighted by atomic mass is 9.95. The largest absolute Gasteiger partial charge is 0.497 e. The van der Waals surface area contributed by atoms with Crippen LogP contribution in [0.3, 0.4) is 0 Å². The fourth-order valence-electron chi connectivity index (χ4n) is 3.27. The minimum atomic E-state index is -0.533. The normalized spacial score (nSPS) is 18.8. The Hall–Kier alpha value is -3.19. The molecule has 3 rings (SSSR count). The average Bonchev–Trinajstić information content (AvgIpc) is 2.75. The first-order valence-corrected chi connectivity index (χ1v) is 9.52. The Bertz CT molecular complexity index is 837. The van der Waals surface area contributed by atoms with Crippen LogP contribution in [-0.4, -0.2) is 32.5 Å². The standard InChI is InChI=1S/C22H27N3O4/c1-27-17-10-8-15(9-11-17)14-24-21-19(28-2)13-12-18(20(21)23)29-22(26)25-16-6-4-3-5-7-16/h3-11,18-19,24H,12-14,23H2,1-2H3,(H,25,26)/t18-,19?/m1/s1. The fourth-order valence-corrected chi connectivity index (χ4v) is 3.27. The van der Waals surface area contributed by atoms with Gasteiger partial charge < -0.3 is 25.3 Å². The summed E-state index contributed by atoms with van der Waals surface area (Å²) in [6.07, 6.45) is 0.0920. The number of ether oxygens (including phenoxy) is 3. The first kappa shape index (κ1) is 20.5. The monoisotopic (exact) mass is 397 g/mol. The Morgan fingerprint density at radius 2 is 1.72 bits per heavy atom. The Kier molecular flexibility index (Phi) is 6.97. The first-order chi connectivity index (χ1) is 14.1. The molecule has 0 saturated carbocycles. The van der Waals surface area contributed by atoms with Crippen LogP contribution in [0.25, 0.3) is 0 Å². The smallest absolute Gasteiger partial charge is 0.412 e. The minimum absolute atomic E-state index is 0.162. The van der Waals surface area contributed by atoms with Crippen LogP contribution in [-0.2, 0) is 16.0 Å². The van der Waals surface area contributed by atoms with Gasteiger partial charge in [0.15, 0.2) is 0 Å². The molecule has 0 bridgehead atoms. The lowest BCUT2D eigenvalue weighted by Crippen LogP contribution is -2.40. The number of nitrogens with two attached hydrogens (primary N) is 1. The lowest BCUT2D eigenvalue weighted by Gasteiger charge is -2.31. The molecule has 29 heavy (non-hydrogen) atoms. The van der Waals surface area contributed by atoms with Gasteiger partial charge in [-0.1, -0.05) is 30.3 Å². The highest BCUT2D eigenvalue weighted by Gasteiger charge is 2.31. The number of hydrogen-bond donors (Lipinski definition) is 3. The number of anilines is 1. The van der Waals surface area contributed by atoms with E-state index in [2.05, 4.69) is 10.6 Å². The van der Waals surface area contributed by atoms with E-state index in [1.165, 1.54) is 0 Å². The molecule has 7 nitrogen and oxygen atoms in total. The highest BCUT2D eigenvalue weighted by Crippen LogP contribution is 2.26. The van der Waals surface area contributed by atoms with E-state index in [0.717, 1.165) is 17.0 Å². The van der Waals surface area contributed by atoms with Crippen LogP contribution in [0.1, 0.15) is 18.4 Å². The molecule has 0 fully saturated rings. The molecule has 1 unspecified atom stereocenters. The first-order valence-electron chi connectivity index (χ1n) is 9.52. The molecule has 7 heteroatoms. The van der Waals surface area contributed by atoms with Crippen molar-refractivity contribution in [1.82, 2.24) is 5.32 Å². The van der Waals surface area contributed by atoms with E-state index < -0.39 is 12.2 Å². The molecule has 2 atom stereocenters. The number of para-hydroxylation sites is 1. The van der Waals surface area contributed by atoms with Gasteiger partial charge in [0.25, 0.3) is 0 Å². The van der Waals surface area contributed by atoms with Crippen molar-refractivity contribution in [2.75, 3.05) is 19.5 Å².